The lowest BCUT2D eigenvalue weighted by molar-refractivity contribution is 1.06. The van der Waals surface area contributed by atoms with Crippen LogP contribution in [-0.4, -0.2) is 10.2 Å². The number of aromatic amines is 1. The molecule has 2 heteroatoms. The van der Waals surface area contributed by atoms with Gasteiger partial charge in [0.25, 0.3) is 0 Å². The Bertz CT molecular complexity index is 332. The SMILES string of the molecule is C=C/C(C)=c1/cn[nH]c1=C. The summed E-state index contributed by atoms with van der Waals surface area (Å²) in [6.45, 7) is 9.39. The predicted octanol–water partition coefficient (Wildman–Crippen LogP) is 0.177. The van der Waals surface area contributed by atoms with Gasteiger partial charge in [0.2, 0.25) is 0 Å². The minimum atomic E-state index is 0.845. The van der Waals surface area contributed by atoms with E-state index in [4.69, 9.17) is 0 Å². The van der Waals surface area contributed by atoms with Crippen LogP contribution >= 0.6 is 0 Å². The van der Waals surface area contributed by atoms with E-state index in [0.717, 1.165) is 16.1 Å². The van der Waals surface area contributed by atoms with E-state index < -0.39 is 0 Å². The molecule has 0 atom stereocenters. The topological polar surface area (TPSA) is 28.7 Å². The molecule has 0 radical (unpaired) electrons. The first-order chi connectivity index (χ1) is 4.75. The lowest BCUT2D eigenvalue weighted by Gasteiger charge is -1.82. The lowest BCUT2D eigenvalue weighted by atomic mass is 10.2. The van der Waals surface area contributed by atoms with E-state index >= 15 is 0 Å². The van der Waals surface area contributed by atoms with Gasteiger partial charge in [-0.25, -0.2) is 0 Å². The van der Waals surface area contributed by atoms with Gasteiger partial charge in [0, 0.05) is 5.22 Å². The summed E-state index contributed by atoms with van der Waals surface area (Å²) in [6.07, 6.45) is 3.54. The number of hydrogen-bond acceptors (Lipinski definition) is 1. The summed E-state index contributed by atoms with van der Waals surface area (Å²) in [5, 5.41) is 8.47. The molecule has 0 aromatic carbocycles. The Morgan fingerprint density at radius 1 is 1.80 bits per heavy atom. The van der Waals surface area contributed by atoms with Crippen molar-refractivity contribution in [2.75, 3.05) is 0 Å². The van der Waals surface area contributed by atoms with Gasteiger partial charge in [0.15, 0.2) is 0 Å². The van der Waals surface area contributed by atoms with E-state index in [1.165, 1.54) is 0 Å². The molecule has 0 aliphatic carbocycles. The van der Waals surface area contributed by atoms with Crippen molar-refractivity contribution in [1.29, 1.82) is 0 Å². The maximum absolute atomic E-state index is 3.83. The van der Waals surface area contributed by atoms with Crippen LogP contribution in [0.15, 0.2) is 18.9 Å². The van der Waals surface area contributed by atoms with Gasteiger partial charge >= 0.3 is 0 Å². The fourth-order valence-corrected chi connectivity index (χ4v) is 0.763. The predicted molar refractivity (Wildman–Crippen MR) is 42.6 cm³/mol. The van der Waals surface area contributed by atoms with Gasteiger partial charge in [-0.1, -0.05) is 19.2 Å². The van der Waals surface area contributed by atoms with Crippen LogP contribution in [0.25, 0.3) is 12.2 Å². The molecule has 0 unspecified atom stereocenters. The minimum absolute atomic E-state index is 0.845. The molecule has 1 rings (SSSR count). The van der Waals surface area contributed by atoms with Crippen molar-refractivity contribution in [3.8, 4) is 0 Å². The Morgan fingerprint density at radius 2 is 2.50 bits per heavy atom. The summed E-state index contributed by atoms with van der Waals surface area (Å²) in [4.78, 5) is 0. The van der Waals surface area contributed by atoms with Crippen LogP contribution in [0.3, 0.4) is 0 Å². The molecule has 0 aliphatic rings. The maximum atomic E-state index is 3.83. The van der Waals surface area contributed by atoms with Gasteiger partial charge in [0.1, 0.15) is 0 Å². The van der Waals surface area contributed by atoms with Gasteiger partial charge in [-0.15, -0.1) is 0 Å². The van der Waals surface area contributed by atoms with Crippen LogP contribution < -0.4 is 10.6 Å². The number of rotatable bonds is 1. The molecule has 1 heterocycles. The zero-order chi connectivity index (χ0) is 7.56. The van der Waals surface area contributed by atoms with E-state index in [0.29, 0.717) is 0 Å². The molecule has 10 heavy (non-hydrogen) atoms. The average Bonchev–Trinajstić information content (AvgIpc) is 2.34. The van der Waals surface area contributed by atoms with Crippen molar-refractivity contribution in [3.63, 3.8) is 0 Å². The van der Waals surface area contributed by atoms with Gasteiger partial charge < -0.3 is 0 Å². The minimum Gasteiger partial charge on any atom is -0.278 e. The highest BCUT2D eigenvalue weighted by molar-refractivity contribution is 5.52. The van der Waals surface area contributed by atoms with Gasteiger partial charge in [0.05, 0.1) is 11.5 Å². The molecule has 0 spiro atoms. The Morgan fingerprint density at radius 3 is 2.90 bits per heavy atom. The van der Waals surface area contributed by atoms with E-state index in [1.54, 1.807) is 12.3 Å². The number of nitrogens with zero attached hydrogens (tertiary/aromatic N) is 1. The van der Waals surface area contributed by atoms with Crippen LogP contribution in [-0.2, 0) is 0 Å². The second-order valence-corrected chi connectivity index (χ2v) is 2.15. The van der Waals surface area contributed by atoms with Crippen molar-refractivity contribution < 1.29 is 0 Å². The average molecular weight is 134 g/mol. The Balaban J connectivity index is 3.55. The molecule has 0 aliphatic heterocycles. The third kappa shape index (κ3) is 1.00. The van der Waals surface area contributed by atoms with E-state index in [1.807, 2.05) is 6.92 Å². The van der Waals surface area contributed by atoms with Crippen LogP contribution in [0.1, 0.15) is 6.92 Å². The Kier molecular flexibility index (Phi) is 1.71. The molecule has 1 aromatic rings. The summed E-state index contributed by atoms with van der Waals surface area (Å²) >= 11 is 0. The third-order valence-electron chi connectivity index (χ3n) is 1.45. The fourth-order valence-electron chi connectivity index (χ4n) is 0.763. The molecule has 2 nitrogen and oxygen atoms in total. The van der Waals surface area contributed by atoms with E-state index in [2.05, 4.69) is 23.4 Å². The molecule has 0 amide bonds. The summed E-state index contributed by atoms with van der Waals surface area (Å²) < 4.78 is 0. The van der Waals surface area contributed by atoms with E-state index in [-0.39, 0.29) is 0 Å². The zero-order valence-electron chi connectivity index (χ0n) is 6.02. The quantitative estimate of drug-likeness (QED) is 0.583. The summed E-state index contributed by atoms with van der Waals surface area (Å²) in [5.41, 5.74) is 1.10. The summed E-state index contributed by atoms with van der Waals surface area (Å²) in [6, 6.07) is 0. The molecular weight excluding hydrogens is 124 g/mol. The molecule has 0 saturated carbocycles. The van der Waals surface area contributed by atoms with Crippen LogP contribution in [0, 0.1) is 0 Å². The molecule has 1 aromatic heterocycles. The smallest absolute Gasteiger partial charge is 0.0581 e. The third-order valence-corrected chi connectivity index (χ3v) is 1.45. The highest BCUT2D eigenvalue weighted by Gasteiger charge is 1.86. The first kappa shape index (κ1) is 6.81. The molecule has 0 bridgehead atoms. The van der Waals surface area contributed by atoms with Crippen LogP contribution in [0.2, 0.25) is 0 Å². The molecule has 52 valence electrons. The normalized spacial score (nSPS) is 12.9. The van der Waals surface area contributed by atoms with Crippen molar-refractivity contribution in [3.05, 3.63) is 29.4 Å². The molecular formula is C8H10N2. The number of hydrogen-bond donors (Lipinski definition) is 1. The first-order valence-electron chi connectivity index (χ1n) is 3.07. The first-order valence-corrected chi connectivity index (χ1v) is 3.07. The number of H-pyrrole nitrogens is 1. The Labute approximate surface area is 59.6 Å². The summed E-state index contributed by atoms with van der Waals surface area (Å²) in [7, 11) is 0. The van der Waals surface area contributed by atoms with Gasteiger partial charge in [-0.05, 0) is 12.5 Å². The van der Waals surface area contributed by atoms with Crippen LogP contribution in [0.5, 0.6) is 0 Å². The van der Waals surface area contributed by atoms with E-state index in [9.17, 15) is 0 Å². The van der Waals surface area contributed by atoms with Gasteiger partial charge in [-0.2, -0.15) is 5.10 Å². The molecule has 0 fully saturated rings. The largest absolute Gasteiger partial charge is 0.278 e. The molecule has 0 saturated heterocycles. The Hall–Kier alpha value is -1.31. The monoisotopic (exact) mass is 134 g/mol. The zero-order valence-corrected chi connectivity index (χ0v) is 6.02. The highest BCUT2D eigenvalue weighted by Crippen LogP contribution is 1.85. The van der Waals surface area contributed by atoms with Crippen molar-refractivity contribution >= 4 is 12.2 Å². The number of allylic oxidation sites excluding steroid dienone is 1. The van der Waals surface area contributed by atoms with Crippen molar-refractivity contribution in [1.82, 2.24) is 10.2 Å². The number of aromatic nitrogens is 2. The van der Waals surface area contributed by atoms with Crippen molar-refractivity contribution in [2.24, 2.45) is 0 Å². The maximum Gasteiger partial charge on any atom is 0.0581 e. The fraction of sp³-hybridized carbons (Fsp3) is 0.125. The lowest BCUT2D eigenvalue weighted by Crippen LogP contribution is -2.21. The standard InChI is InChI=1S/C8H10N2/c1-4-6(2)8-5-9-10-7(8)3/h4-5,10H,1,3H2,2H3/b8-6-. The number of nitrogens with one attached hydrogen (secondary N) is 1. The highest BCUT2D eigenvalue weighted by atomic mass is 15.1. The van der Waals surface area contributed by atoms with Gasteiger partial charge in [-0.3, -0.25) is 5.10 Å². The molecule has 1 N–H and O–H groups in total. The van der Waals surface area contributed by atoms with Crippen LogP contribution in [0.4, 0.5) is 0 Å². The van der Waals surface area contributed by atoms with Crippen molar-refractivity contribution in [2.45, 2.75) is 6.92 Å². The summed E-state index contributed by atoms with van der Waals surface area (Å²) in [5.74, 6) is 0. The second kappa shape index (κ2) is 2.52. The second-order valence-electron chi connectivity index (χ2n) is 2.15.